The van der Waals surface area contributed by atoms with E-state index in [4.69, 9.17) is 10.5 Å². The van der Waals surface area contributed by atoms with Gasteiger partial charge < -0.3 is 10.5 Å². The first-order valence-corrected chi connectivity index (χ1v) is 5.56. The van der Waals surface area contributed by atoms with Crippen LogP contribution >= 0.6 is 0 Å². The molecule has 0 saturated carbocycles. The number of hydrogen-bond acceptors (Lipinski definition) is 2. The second kappa shape index (κ2) is 5.17. The minimum Gasteiger partial charge on any atom is -0.488 e. The summed E-state index contributed by atoms with van der Waals surface area (Å²) in [6.07, 6.45) is 1.86. The molecule has 0 fully saturated rings. The number of ether oxygens (including phenoxy) is 1. The summed E-state index contributed by atoms with van der Waals surface area (Å²) in [5.41, 5.74) is 6.63. The molecule has 2 N–H and O–H groups in total. The van der Waals surface area contributed by atoms with E-state index < -0.39 is 0 Å². The molecule has 0 unspecified atom stereocenters. The van der Waals surface area contributed by atoms with Crippen molar-refractivity contribution >= 4 is 0 Å². The molecule has 0 aromatic heterocycles. The molecule has 1 aromatic carbocycles. The highest BCUT2D eigenvalue weighted by atomic mass is 16.5. The monoisotopic (exact) mass is 207 g/mol. The third kappa shape index (κ3) is 3.56. The first kappa shape index (κ1) is 12.1. The summed E-state index contributed by atoms with van der Waals surface area (Å²) in [4.78, 5) is 0. The van der Waals surface area contributed by atoms with Gasteiger partial charge in [-0.05, 0) is 44.9 Å². The predicted molar refractivity (Wildman–Crippen MR) is 64.2 cm³/mol. The van der Waals surface area contributed by atoms with Gasteiger partial charge in [0.1, 0.15) is 11.4 Å². The number of rotatable bonds is 5. The molecular weight excluding hydrogens is 186 g/mol. The maximum atomic E-state index is 5.98. The summed E-state index contributed by atoms with van der Waals surface area (Å²) in [6, 6.07) is 8.18. The SMILES string of the molecule is CCc1ccccc1OC(C)(C)CCN. The van der Waals surface area contributed by atoms with Crippen molar-refractivity contribution in [3.63, 3.8) is 0 Å². The molecule has 0 atom stereocenters. The Morgan fingerprint density at radius 3 is 2.53 bits per heavy atom. The lowest BCUT2D eigenvalue weighted by Crippen LogP contribution is -2.31. The minimum atomic E-state index is -0.181. The molecule has 84 valence electrons. The van der Waals surface area contributed by atoms with Crippen molar-refractivity contribution in [2.45, 2.75) is 39.2 Å². The van der Waals surface area contributed by atoms with E-state index in [-0.39, 0.29) is 5.60 Å². The topological polar surface area (TPSA) is 35.2 Å². The van der Waals surface area contributed by atoms with Crippen LogP contribution in [0.25, 0.3) is 0 Å². The van der Waals surface area contributed by atoms with Crippen LogP contribution in [-0.2, 0) is 6.42 Å². The Labute approximate surface area is 92.4 Å². The number of para-hydroxylation sites is 1. The molecule has 0 aliphatic rings. The molecule has 0 saturated heterocycles. The molecule has 2 nitrogen and oxygen atoms in total. The second-order valence-electron chi connectivity index (χ2n) is 4.36. The standard InChI is InChI=1S/C13H21NO/c1-4-11-7-5-6-8-12(11)15-13(2,3)9-10-14/h5-8H,4,9-10,14H2,1-3H3. The van der Waals surface area contributed by atoms with Crippen LogP contribution in [0.3, 0.4) is 0 Å². The van der Waals surface area contributed by atoms with Crippen molar-refractivity contribution in [1.29, 1.82) is 0 Å². The van der Waals surface area contributed by atoms with Crippen molar-refractivity contribution < 1.29 is 4.74 Å². The van der Waals surface area contributed by atoms with Crippen molar-refractivity contribution in [1.82, 2.24) is 0 Å². The van der Waals surface area contributed by atoms with E-state index in [2.05, 4.69) is 26.8 Å². The van der Waals surface area contributed by atoms with E-state index in [1.807, 2.05) is 18.2 Å². The van der Waals surface area contributed by atoms with E-state index in [1.165, 1.54) is 5.56 Å². The molecule has 1 rings (SSSR count). The quantitative estimate of drug-likeness (QED) is 0.805. The van der Waals surface area contributed by atoms with E-state index >= 15 is 0 Å². The van der Waals surface area contributed by atoms with Gasteiger partial charge in [-0.1, -0.05) is 25.1 Å². The zero-order chi connectivity index (χ0) is 11.3. The first-order chi connectivity index (χ1) is 7.09. The zero-order valence-corrected chi connectivity index (χ0v) is 9.92. The van der Waals surface area contributed by atoms with Crippen molar-refractivity contribution in [2.24, 2.45) is 5.73 Å². The Hall–Kier alpha value is -1.02. The van der Waals surface area contributed by atoms with Crippen LogP contribution in [0.2, 0.25) is 0 Å². The molecule has 0 spiro atoms. The van der Waals surface area contributed by atoms with Gasteiger partial charge in [0, 0.05) is 0 Å². The smallest absolute Gasteiger partial charge is 0.123 e. The molecular formula is C13H21NO. The van der Waals surface area contributed by atoms with E-state index in [1.54, 1.807) is 0 Å². The highest BCUT2D eigenvalue weighted by molar-refractivity contribution is 5.33. The Balaban J connectivity index is 2.79. The molecule has 2 heteroatoms. The highest BCUT2D eigenvalue weighted by Gasteiger charge is 2.19. The fraction of sp³-hybridized carbons (Fsp3) is 0.538. The summed E-state index contributed by atoms with van der Waals surface area (Å²) >= 11 is 0. The van der Waals surface area contributed by atoms with Crippen LogP contribution in [0.5, 0.6) is 5.75 Å². The summed E-state index contributed by atoms with van der Waals surface area (Å²) in [7, 11) is 0. The lowest BCUT2D eigenvalue weighted by atomic mass is 10.0. The first-order valence-electron chi connectivity index (χ1n) is 5.56. The molecule has 15 heavy (non-hydrogen) atoms. The Morgan fingerprint density at radius 2 is 1.93 bits per heavy atom. The van der Waals surface area contributed by atoms with Gasteiger partial charge in [-0.15, -0.1) is 0 Å². The van der Waals surface area contributed by atoms with Gasteiger partial charge in [-0.3, -0.25) is 0 Å². The van der Waals surface area contributed by atoms with Crippen LogP contribution in [0.1, 0.15) is 32.8 Å². The summed E-state index contributed by atoms with van der Waals surface area (Å²) in [5, 5.41) is 0. The maximum absolute atomic E-state index is 5.98. The molecule has 0 aliphatic carbocycles. The Morgan fingerprint density at radius 1 is 1.27 bits per heavy atom. The van der Waals surface area contributed by atoms with Gasteiger partial charge in [-0.2, -0.15) is 0 Å². The van der Waals surface area contributed by atoms with Gasteiger partial charge in [0.15, 0.2) is 0 Å². The van der Waals surface area contributed by atoms with Gasteiger partial charge in [-0.25, -0.2) is 0 Å². The van der Waals surface area contributed by atoms with E-state index in [0.717, 1.165) is 18.6 Å². The van der Waals surface area contributed by atoms with Gasteiger partial charge in [0.25, 0.3) is 0 Å². The van der Waals surface area contributed by atoms with Crippen molar-refractivity contribution in [2.75, 3.05) is 6.54 Å². The average molecular weight is 207 g/mol. The number of benzene rings is 1. The minimum absolute atomic E-state index is 0.181. The van der Waals surface area contributed by atoms with Gasteiger partial charge in [0.05, 0.1) is 0 Å². The predicted octanol–water partition coefficient (Wildman–Crippen LogP) is 2.76. The fourth-order valence-corrected chi connectivity index (χ4v) is 1.59. The largest absolute Gasteiger partial charge is 0.488 e. The Kier molecular flexibility index (Phi) is 4.15. The third-order valence-electron chi connectivity index (χ3n) is 2.49. The van der Waals surface area contributed by atoms with E-state index in [0.29, 0.717) is 6.54 Å². The molecule has 0 amide bonds. The van der Waals surface area contributed by atoms with Gasteiger partial charge in [0.2, 0.25) is 0 Å². The highest BCUT2D eigenvalue weighted by Crippen LogP contribution is 2.24. The van der Waals surface area contributed by atoms with Crippen LogP contribution < -0.4 is 10.5 Å². The van der Waals surface area contributed by atoms with Crippen LogP contribution in [-0.4, -0.2) is 12.1 Å². The summed E-state index contributed by atoms with van der Waals surface area (Å²) in [6.45, 7) is 6.94. The van der Waals surface area contributed by atoms with Crippen LogP contribution in [0.4, 0.5) is 0 Å². The zero-order valence-electron chi connectivity index (χ0n) is 9.92. The second-order valence-corrected chi connectivity index (χ2v) is 4.36. The number of nitrogens with two attached hydrogens (primary N) is 1. The molecule has 1 aromatic rings. The fourth-order valence-electron chi connectivity index (χ4n) is 1.59. The van der Waals surface area contributed by atoms with Crippen molar-refractivity contribution in [3.05, 3.63) is 29.8 Å². The van der Waals surface area contributed by atoms with Crippen molar-refractivity contribution in [3.8, 4) is 5.75 Å². The third-order valence-corrected chi connectivity index (χ3v) is 2.49. The number of hydrogen-bond donors (Lipinski definition) is 1. The average Bonchev–Trinajstić information content (AvgIpc) is 2.17. The van der Waals surface area contributed by atoms with Crippen LogP contribution in [0, 0.1) is 0 Å². The Bertz CT molecular complexity index is 307. The van der Waals surface area contributed by atoms with Gasteiger partial charge >= 0.3 is 0 Å². The number of aryl methyl sites for hydroxylation is 1. The normalized spacial score (nSPS) is 11.5. The molecule has 0 aliphatic heterocycles. The van der Waals surface area contributed by atoms with E-state index in [9.17, 15) is 0 Å². The lowest BCUT2D eigenvalue weighted by Gasteiger charge is -2.27. The molecule has 0 heterocycles. The van der Waals surface area contributed by atoms with Crippen LogP contribution in [0.15, 0.2) is 24.3 Å². The summed E-state index contributed by atoms with van der Waals surface area (Å²) in [5.74, 6) is 0.985. The summed E-state index contributed by atoms with van der Waals surface area (Å²) < 4.78 is 5.98. The maximum Gasteiger partial charge on any atom is 0.123 e. The lowest BCUT2D eigenvalue weighted by molar-refractivity contribution is 0.101. The molecule has 0 bridgehead atoms. The molecule has 0 radical (unpaired) electrons.